The molecule has 1 saturated carbocycles. The summed E-state index contributed by atoms with van der Waals surface area (Å²) in [5.41, 5.74) is 1.36. The van der Waals surface area contributed by atoms with Crippen LogP contribution in [0, 0.1) is 12.8 Å². The highest BCUT2D eigenvalue weighted by Crippen LogP contribution is 2.26. The van der Waals surface area contributed by atoms with Gasteiger partial charge in [-0.2, -0.15) is 0 Å². The molecule has 1 aliphatic carbocycles. The third kappa shape index (κ3) is 4.37. The highest BCUT2D eigenvalue weighted by atomic mass is 16.5. The summed E-state index contributed by atoms with van der Waals surface area (Å²) in [6.07, 6.45) is 6.45. The molecule has 0 aromatic carbocycles. The average Bonchev–Trinajstić information content (AvgIpc) is 2.70. The van der Waals surface area contributed by atoms with E-state index in [-0.39, 0.29) is 23.8 Å². The van der Waals surface area contributed by atoms with Crippen LogP contribution in [0.1, 0.15) is 37.7 Å². The SMILES string of the molecule is Cc1cc2ccnc(N[C@@H]3CCNC[C@H]3OCC3CCC(O)CC3)c2[nH]c1=O. The van der Waals surface area contributed by atoms with Crippen molar-refractivity contribution in [2.45, 2.75) is 57.3 Å². The predicted octanol–water partition coefficient (Wildman–Crippen LogP) is 1.94. The number of aromatic nitrogens is 2. The first-order valence-corrected chi connectivity index (χ1v) is 10.4. The number of fused-ring (bicyclic) bond motifs is 1. The predicted molar refractivity (Wildman–Crippen MR) is 110 cm³/mol. The molecule has 2 aromatic rings. The van der Waals surface area contributed by atoms with E-state index in [1.165, 1.54) is 0 Å². The van der Waals surface area contributed by atoms with Crippen LogP contribution >= 0.6 is 0 Å². The molecule has 1 aliphatic heterocycles. The fraction of sp³-hybridized carbons (Fsp3) is 0.619. The van der Waals surface area contributed by atoms with Gasteiger partial charge < -0.3 is 25.5 Å². The highest BCUT2D eigenvalue weighted by Gasteiger charge is 2.28. The van der Waals surface area contributed by atoms with Crippen LogP contribution in [0.25, 0.3) is 10.9 Å². The Labute approximate surface area is 164 Å². The maximum atomic E-state index is 12.1. The number of aliphatic hydroxyl groups is 1. The summed E-state index contributed by atoms with van der Waals surface area (Å²) in [7, 11) is 0. The van der Waals surface area contributed by atoms with Gasteiger partial charge in [0.05, 0.1) is 23.8 Å². The van der Waals surface area contributed by atoms with Crippen molar-refractivity contribution in [3.63, 3.8) is 0 Å². The minimum Gasteiger partial charge on any atom is -0.393 e. The number of nitrogens with zero attached hydrogens (tertiary/aromatic N) is 1. The van der Waals surface area contributed by atoms with Gasteiger partial charge in [-0.1, -0.05) is 0 Å². The standard InChI is InChI=1S/C21H30N4O3/c1-13-10-15-6-9-23-20(19(15)25-21(13)27)24-17-7-8-22-11-18(17)28-12-14-2-4-16(26)5-3-14/h6,9-10,14,16-18,22,26H,2-5,7-8,11-12H2,1H3,(H,23,24)(H,25,27)/t14?,16?,17-,18-/m1/s1. The average molecular weight is 386 g/mol. The highest BCUT2D eigenvalue weighted by molar-refractivity contribution is 5.88. The van der Waals surface area contributed by atoms with Crippen LogP contribution in [0.3, 0.4) is 0 Å². The van der Waals surface area contributed by atoms with Gasteiger partial charge in [-0.05, 0) is 63.6 Å². The summed E-state index contributed by atoms with van der Waals surface area (Å²) >= 11 is 0. The molecule has 0 spiro atoms. The van der Waals surface area contributed by atoms with E-state index in [1.807, 2.05) is 19.1 Å². The van der Waals surface area contributed by atoms with E-state index < -0.39 is 0 Å². The molecule has 0 amide bonds. The Morgan fingerprint density at radius 1 is 1.29 bits per heavy atom. The van der Waals surface area contributed by atoms with Crippen molar-refractivity contribution >= 4 is 16.7 Å². The molecular formula is C21H30N4O3. The lowest BCUT2D eigenvalue weighted by Gasteiger charge is -2.35. The Morgan fingerprint density at radius 3 is 2.93 bits per heavy atom. The minimum atomic E-state index is -0.134. The molecule has 2 atom stereocenters. The van der Waals surface area contributed by atoms with Gasteiger partial charge in [0, 0.05) is 30.3 Å². The molecule has 0 bridgehead atoms. The van der Waals surface area contributed by atoms with Crippen molar-refractivity contribution in [2.75, 3.05) is 25.0 Å². The zero-order valence-electron chi connectivity index (χ0n) is 16.4. The fourth-order valence-electron chi connectivity index (χ4n) is 4.27. The van der Waals surface area contributed by atoms with Crippen molar-refractivity contribution < 1.29 is 9.84 Å². The van der Waals surface area contributed by atoms with Gasteiger partial charge in [0.1, 0.15) is 0 Å². The number of ether oxygens (including phenoxy) is 1. The molecule has 2 aliphatic rings. The van der Waals surface area contributed by atoms with Crippen LogP contribution < -0.4 is 16.2 Å². The molecule has 1 saturated heterocycles. The van der Waals surface area contributed by atoms with E-state index >= 15 is 0 Å². The van der Waals surface area contributed by atoms with Gasteiger partial charge in [0.2, 0.25) is 0 Å². The van der Waals surface area contributed by atoms with E-state index in [2.05, 4.69) is 20.6 Å². The second-order valence-electron chi connectivity index (χ2n) is 8.20. The molecule has 4 rings (SSSR count). The molecule has 7 nitrogen and oxygen atoms in total. The molecule has 0 unspecified atom stereocenters. The van der Waals surface area contributed by atoms with Crippen LogP contribution in [0.15, 0.2) is 23.1 Å². The van der Waals surface area contributed by atoms with Gasteiger partial charge in [-0.3, -0.25) is 4.79 Å². The number of nitrogens with one attached hydrogen (secondary N) is 3. The van der Waals surface area contributed by atoms with Crippen LogP contribution in [0.2, 0.25) is 0 Å². The lowest BCUT2D eigenvalue weighted by molar-refractivity contribution is -0.00808. The maximum Gasteiger partial charge on any atom is 0.251 e. The van der Waals surface area contributed by atoms with Crippen molar-refractivity contribution in [3.05, 3.63) is 34.2 Å². The zero-order chi connectivity index (χ0) is 19.5. The number of pyridine rings is 2. The topological polar surface area (TPSA) is 99.3 Å². The van der Waals surface area contributed by atoms with Crippen LogP contribution in [0.4, 0.5) is 5.82 Å². The number of anilines is 1. The van der Waals surface area contributed by atoms with Crippen LogP contribution in [0.5, 0.6) is 0 Å². The van der Waals surface area contributed by atoms with E-state index in [9.17, 15) is 9.90 Å². The van der Waals surface area contributed by atoms with Crippen molar-refractivity contribution in [1.82, 2.24) is 15.3 Å². The van der Waals surface area contributed by atoms with Gasteiger partial charge in [-0.25, -0.2) is 4.98 Å². The van der Waals surface area contributed by atoms with E-state index in [1.54, 1.807) is 6.20 Å². The van der Waals surface area contributed by atoms with E-state index in [0.717, 1.165) is 62.7 Å². The largest absolute Gasteiger partial charge is 0.393 e. The van der Waals surface area contributed by atoms with E-state index in [0.29, 0.717) is 17.3 Å². The molecule has 0 radical (unpaired) electrons. The van der Waals surface area contributed by atoms with Gasteiger partial charge in [0.25, 0.3) is 5.56 Å². The maximum absolute atomic E-state index is 12.1. The van der Waals surface area contributed by atoms with Gasteiger partial charge >= 0.3 is 0 Å². The second-order valence-corrected chi connectivity index (χ2v) is 8.20. The summed E-state index contributed by atoms with van der Waals surface area (Å²) < 4.78 is 6.29. The summed E-state index contributed by atoms with van der Waals surface area (Å²) in [6, 6.07) is 3.95. The first kappa shape index (κ1) is 19.4. The molecular weight excluding hydrogens is 356 g/mol. The van der Waals surface area contributed by atoms with Crippen LogP contribution in [-0.2, 0) is 4.74 Å². The minimum absolute atomic E-state index is 0.0508. The third-order valence-corrected chi connectivity index (χ3v) is 6.06. The molecule has 7 heteroatoms. The number of hydrogen-bond donors (Lipinski definition) is 4. The first-order valence-electron chi connectivity index (χ1n) is 10.4. The Hall–Kier alpha value is -1.96. The molecule has 2 aromatic heterocycles. The smallest absolute Gasteiger partial charge is 0.251 e. The molecule has 152 valence electrons. The Bertz CT molecular complexity index is 860. The number of aromatic amines is 1. The molecule has 3 heterocycles. The Balaban J connectivity index is 1.46. The zero-order valence-corrected chi connectivity index (χ0v) is 16.4. The van der Waals surface area contributed by atoms with Crippen molar-refractivity contribution in [3.8, 4) is 0 Å². The van der Waals surface area contributed by atoms with Crippen molar-refractivity contribution in [2.24, 2.45) is 5.92 Å². The lowest BCUT2D eigenvalue weighted by Crippen LogP contribution is -2.49. The monoisotopic (exact) mass is 386 g/mol. The number of piperidine rings is 1. The molecule has 4 N–H and O–H groups in total. The Kier molecular flexibility index (Phi) is 5.94. The third-order valence-electron chi connectivity index (χ3n) is 6.06. The number of hydrogen-bond acceptors (Lipinski definition) is 6. The lowest BCUT2D eigenvalue weighted by atomic mass is 9.88. The summed E-state index contributed by atoms with van der Waals surface area (Å²) in [5, 5.41) is 17.6. The van der Waals surface area contributed by atoms with E-state index in [4.69, 9.17) is 4.74 Å². The Morgan fingerprint density at radius 2 is 2.11 bits per heavy atom. The van der Waals surface area contributed by atoms with Crippen LogP contribution in [-0.4, -0.2) is 53.0 Å². The number of aliphatic hydroxyl groups excluding tert-OH is 1. The second kappa shape index (κ2) is 8.59. The number of aryl methyl sites for hydroxylation is 1. The normalized spacial score (nSPS) is 28.4. The molecule has 28 heavy (non-hydrogen) atoms. The van der Waals surface area contributed by atoms with Gasteiger partial charge in [-0.15, -0.1) is 0 Å². The summed E-state index contributed by atoms with van der Waals surface area (Å²) in [6.45, 7) is 4.27. The molecule has 2 fully saturated rings. The van der Waals surface area contributed by atoms with Crippen molar-refractivity contribution in [1.29, 1.82) is 0 Å². The number of H-pyrrole nitrogens is 1. The first-order chi connectivity index (χ1) is 13.6. The summed E-state index contributed by atoms with van der Waals surface area (Å²) in [4.78, 5) is 19.5. The number of rotatable bonds is 5. The fourth-order valence-corrected chi connectivity index (χ4v) is 4.27. The summed E-state index contributed by atoms with van der Waals surface area (Å²) in [5.74, 6) is 1.23. The quantitative estimate of drug-likeness (QED) is 0.627. The van der Waals surface area contributed by atoms with Gasteiger partial charge in [0.15, 0.2) is 5.82 Å².